The fraction of sp³-hybridized carbons (Fsp3) is 0.273. The summed E-state index contributed by atoms with van der Waals surface area (Å²) in [6.45, 7) is 0. The lowest BCUT2D eigenvalue weighted by molar-refractivity contribution is 0.441. The van der Waals surface area contributed by atoms with Gasteiger partial charge in [-0.2, -0.15) is 0 Å². The molecule has 2 radical (unpaired) electrons. The predicted molar refractivity (Wildman–Crippen MR) is 57.7 cm³/mol. The SMILES string of the molecule is CO[Si]CCC=Cc1ccccc1. The van der Waals surface area contributed by atoms with Crippen LogP contribution in [-0.4, -0.2) is 16.9 Å². The molecule has 0 unspecified atom stereocenters. The molecule has 1 aromatic carbocycles. The minimum Gasteiger partial charge on any atom is -0.421 e. The summed E-state index contributed by atoms with van der Waals surface area (Å²) >= 11 is 0. The van der Waals surface area contributed by atoms with E-state index < -0.39 is 0 Å². The van der Waals surface area contributed by atoms with Crippen LogP contribution in [-0.2, 0) is 4.43 Å². The summed E-state index contributed by atoms with van der Waals surface area (Å²) in [6.07, 6.45) is 5.45. The number of hydrogen-bond acceptors (Lipinski definition) is 1. The second-order valence-corrected chi connectivity index (χ2v) is 3.90. The first-order valence-corrected chi connectivity index (χ1v) is 5.52. The van der Waals surface area contributed by atoms with E-state index in [2.05, 4.69) is 36.4 Å². The highest BCUT2D eigenvalue weighted by Gasteiger charge is 1.85. The van der Waals surface area contributed by atoms with Crippen LogP contribution < -0.4 is 0 Å². The summed E-state index contributed by atoms with van der Waals surface area (Å²) in [7, 11) is 2.38. The van der Waals surface area contributed by atoms with Gasteiger partial charge in [0.25, 0.3) is 0 Å². The van der Waals surface area contributed by atoms with Crippen LogP contribution in [0.3, 0.4) is 0 Å². The van der Waals surface area contributed by atoms with E-state index in [-0.39, 0.29) is 0 Å². The van der Waals surface area contributed by atoms with Crippen molar-refractivity contribution >= 4 is 15.8 Å². The topological polar surface area (TPSA) is 9.23 Å². The molecule has 0 aliphatic heterocycles. The van der Waals surface area contributed by atoms with Crippen LogP contribution in [0.2, 0.25) is 6.04 Å². The molecule has 1 rings (SSSR count). The van der Waals surface area contributed by atoms with Crippen molar-refractivity contribution in [3.8, 4) is 0 Å². The van der Waals surface area contributed by atoms with Crippen LogP contribution in [0, 0.1) is 0 Å². The molecule has 13 heavy (non-hydrogen) atoms. The Balaban J connectivity index is 2.25. The first-order chi connectivity index (χ1) is 6.43. The van der Waals surface area contributed by atoms with Gasteiger partial charge in [0.2, 0.25) is 9.76 Å². The van der Waals surface area contributed by atoms with Gasteiger partial charge in [0.05, 0.1) is 0 Å². The van der Waals surface area contributed by atoms with Gasteiger partial charge in [-0.05, 0) is 18.0 Å². The predicted octanol–water partition coefficient (Wildman–Crippen LogP) is 2.77. The Morgan fingerprint density at radius 1 is 1.31 bits per heavy atom. The molecule has 0 bridgehead atoms. The normalized spacial score (nSPS) is 10.8. The number of benzene rings is 1. The van der Waals surface area contributed by atoms with Crippen molar-refractivity contribution in [2.45, 2.75) is 12.5 Å². The summed E-state index contributed by atoms with van der Waals surface area (Å²) in [5, 5.41) is 0. The van der Waals surface area contributed by atoms with E-state index in [4.69, 9.17) is 4.43 Å². The Labute approximate surface area is 82.4 Å². The zero-order valence-corrected chi connectivity index (χ0v) is 8.86. The molecule has 2 heteroatoms. The smallest absolute Gasteiger partial charge is 0.229 e. The van der Waals surface area contributed by atoms with E-state index in [9.17, 15) is 0 Å². The number of hydrogen-bond donors (Lipinski definition) is 0. The quantitative estimate of drug-likeness (QED) is 0.512. The van der Waals surface area contributed by atoms with E-state index in [1.165, 1.54) is 5.56 Å². The van der Waals surface area contributed by atoms with Crippen LogP contribution in [0.1, 0.15) is 12.0 Å². The molecule has 1 nitrogen and oxygen atoms in total. The van der Waals surface area contributed by atoms with Crippen molar-refractivity contribution in [1.29, 1.82) is 0 Å². The molecule has 0 atom stereocenters. The summed E-state index contributed by atoms with van der Waals surface area (Å²) in [4.78, 5) is 0. The minimum atomic E-state index is 0.631. The first-order valence-electron chi connectivity index (χ1n) is 4.41. The van der Waals surface area contributed by atoms with Gasteiger partial charge in [0.15, 0.2) is 0 Å². The second kappa shape index (κ2) is 6.63. The van der Waals surface area contributed by atoms with Gasteiger partial charge in [-0.15, -0.1) is 0 Å². The first kappa shape index (κ1) is 10.2. The van der Waals surface area contributed by atoms with Crippen LogP contribution >= 0.6 is 0 Å². The third-order valence-electron chi connectivity index (χ3n) is 1.67. The monoisotopic (exact) mass is 190 g/mol. The highest BCUT2D eigenvalue weighted by Crippen LogP contribution is 2.02. The average molecular weight is 190 g/mol. The zero-order valence-electron chi connectivity index (χ0n) is 7.86. The Bertz CT molecular complexity index is 244. The maximum Gasteiger partial charge on any atom is 0.229 e. The maximum absolute atomic E-state index is 4.99. The zero-order chi connectivity index (χ0) is 9.36. The molecule has 0 heterocycles. The molecule has 0 aliphatic rings. The molecule has 68 valence electrons. The van der Waals surface area contributed by atoms with Gasteiger partial charge in [-0.25, -0.2) is 0 Å². The fourth-order valence-corrected chi connectivity index (χ4v) is 1.52. The van der Waals surface area contributed by atoms with Crippen LogP contribution in [0.4, 0.5) is 0 Å². The highest BCUT2D eigenvalue weighted by atomic mass is 28.2. The Morgan fingerprint density at radius 3 is 2.77 bits per heavy atom. The second-order valence-electron chi connectivity index (χ2n) is 2.70. The Kier molecular flexibility index (Phi) is 5.21. The van der Waals surface area contributed by atoms with Crippen LogP contribution in [0.25, 0.3) is 6.08 Å². The van der Waals surface area contributed by atoms with Crippen molar-refractivity contribution in [3.63, 3.8) is 0 Å². The number of allylic oxidation sites excluding steroid dienone is 1. The van der Waals surface area contributed by atoms with E-state index in [1.807, 2.05) is 6.07 Å². The van der Waals surface area contributed by atoms with Gasteiger partial charge in [0.1, 0.15) is 0 Å². The molecular formula is C11H14OSi. The Morgan fingerprint density at radius 2 is 2.08 bits per heavy atom. The van der Waals surface area contributed by atoms with E-state index in [0.29, 0.717) is 9.76 Å². The summed E-state index contributed by atoms with van der Waals surface area (Å²) in [5.41, 5.74) is 1.27. The minimum absolute atomic E-state index is 0.631. The maximum atomic E-state index is 4.99. The van der Waals surface area contributed by atoms with Crippen molar-refractivity contribution < 1.29 is 4.43 Å². The van der Waals surface area contributed by atoms with Gasteiger partial charge < -0.3 is 4.43 Å². The molecule has 0 saturated carbocycles. The van der Waals surface area contributed by atoms with Crippen molar-refractivity contribution in [1.82, 2.24) is 0 Å². The summed E-state index contributed by atoms with van der Waals surface area (Å²) in [6, 6.07) is 11.5. The third kappa shape index (κ3) is 4.65. The lowest BCUT2D eigenvalue weighted by atomic mass is 10.2. The summed E-state index contributed by atoms with van der Waals surface area (Å²) < 4.78 is 4.99. The number of rotatable bonds is 5. The molecule has 0 fully saturated rings. The van der Waals surface area contributed by atoms with E-state index >= 15 is 0 Å². The molecule has 0 aromatic heterocycles. The van der Waals surface area contributed by atoms with Gasteiger partial charge >= 0.3 is 0 Å². The van der Waals surface area contributed by atoms with E-state index in [1.54, 1.807) is 7.11 Å². The molecule has 0 spiro atoms. The largest absolute Gasteiger partial charge is 0.421 e. The molecule has 1 aromatic rings. The van der Waals surface area contributed by atoms with Crippen molar-refractivity contribution in [3.05, 3.63) is 42.0 Å². The van der Waals surface area contributed by atoms with E-state index in [0.717, 1.165) is 12.5 Å². The lowest BCUT2D eigenvalue weighted by Gasteiger charge is -1.92. The third-order valence-corrected chi connectivity index (χ3v) is 2.45. The molecule has 0 aliphatic carbocycles. The molecule has 0 amide bonds. The van der Waals surface area contributed by atoms with Gasteiger partial charge in [-0.1, -0.05) is 42.5 Å². The summed E-state index contributed by atoms with van der Waals surface area (Å²) in [5.74, 6) is 0. The fourth-order valence-electron chi connectivity index (χ4n) is 1.03. The molecular weight excluding hydrogens is 176 g/mol. The van der Waals surface area contributed by atoms with Crippen LogP contribution in [0.5, 0.6) is 0 Å². The lowest BCUT2D eigenvalue weighted by Crippen LogP contribution is -1.89. The van der Waals surface area contributed by atoms with Crippen molar-refractivity contribution in [2.24, 2.45) is 0 Å². The van der Waals surface area contributed by atoms with Gasteiger partial charge in [-0.3, -0.25) is 0 Å². The van der Waals surface area contributed by atoms with Crippen LogP contribution in [0.15, 0.2) is 36.4 Å². The molecule has 0 saturated heterocycles. The standard InChI is InChI=1S/C11H14OSi/c1-12-13-10-6-5-9-11-7-3-2-4-8-11/h2-5,7-9H,6,10H2,1H3. The highest BCUT2D eigenvalue weighted by molar-refractivity contribution is 6.26. The Hall–Kier alpha value is -0.863. The van der Waals surface area contributed by atoms with Gasteiger partial charge in [0, 0.05) is 7.11 Å². The molecule has 0 N–H and O–H groups in total. The average Bonchev–Trinajstić information content (AvgIpc) is 2.19. The van der Waals surface area contributed by atoms with Crippen molar-refractivity contribution in [2.75, 3.05) is 7.11 Å².